The molecule has 0 bridgehead atoms. The predicted molar refractivity (Wildman–Crippen MR) is 106 cm³/mol. The van der Waals surface area contributed by atoms with Gasteiger partial charge in [0.25, 0.3) is 5.91 Å². The normalized spacial score (nSPS) is 17.8. The smallest absolute Gasteiger partial charge is 0.257 e. The summed E-state index contributed by atoms with van der Waals surface area (Å²) in [6, 6.07) is 13.6. The zero-order valence-corrected chi connectivity index (χ0v) is 15.9. The minimum atomic E-state index is -3.96. The van der Waals surface area contributed by atoms with Gasteiger partial charge in [0.1, 0.15) is 5.75 Å². The first-order valence-electron chi connectivity index (χ1n) is 9.05. The fourth-order valence-corrected chi connectivity index (χ4v) is 4.30. The summed E-state index contributed by atoms with van der Waals surface area (Å²) >= 11 is 0. The van der Waals surface area contributed by atoms with Crippen molar-refractivity contribution in [1.29, 1.82) is 0 Å². The second-order valence-corrected chi connectivity index (χ2v) is 8.69. The van der Waals surface area contributed by atoms with E-state index < -0.39 is 15.9 Å². The topological polar surface area (TPSA) is 116 Å². The highest BCUT2D eigenvalue weighted by Crippen LogP contribution is 2.31. The van der Waals surface area contributed by atoms with Crippen molar-refractivity contribution >= 4 is 26.8 Å². The van der Waals surface area contributed by atoms with Crippen LogP contribution in [0, 0.1) is 0 Å². The van der Waals surface area contributed by atoms with Gasteiger partial charge >= 0.3 is 0 Å². The van der Waals surface area contributed by atoms with Gasteiger partial charge in [-0.1, -0.05) is 18.2 Å². The summed E-state index contributed by atoms with van der Waals surface area (Å²) in [7, 11) is -3.96. The number of hydrogen-bond acceptors (Lipinski definition) is 4. The number of aromatic hydroxyl groups is 1. The quantitative estimate of drug-likeness (QED) is 0.627. The fourth-order valence-electron chi connectivity index (χ4n) is 3.76. The van der Waals surface area contributed by atoms with Crippen LogP contribution in [0.4, 0.5) is 0 Å². The lowest BCUT2D eigenvalue weighted by atomic mass is 9.94. The van der Waals surface area contributed by atoms with Crippen LogP contribution >= 0.6 is 0 Å². The van der Waals surface area contributed by atoms with Gasteiger partial charge < -0.3 is 15.0 Å². The van der Waals surface area contributed by atoms with Crippen molar-refractivity contribution in [1.82, 2.24) is 9.88 Å². The second kappa shape index (κ2) is 6.96. The van der Waals surface area contributed by atoms with Crippen LogP contribution in [0.25, 0.3) is 10.9 Å². The summed E-state index contributed by atoms with van der Waals surface area (Å²) in [6.07, 6.45) is 1.77. The van der Waals surface area contributed by atoms with Gasteiger partial charge in [-0.3, -0.25) is 4.79 Å². The number of H-pyrrole nitrogens is 1. The van der Waals surface area contributed by atoms with E-state index in [-0.39, 0.29) is 22.1 Å². The Morgan fingerprint density at radius 2 is 1.96 bits per heavy atom. The summed E-state index contributed by atoms with van der Waals surface area (Å²) in [4.78, 5) is 17.8. The second-order valence-electron chi connectivity index (χ2n) is 7.13. The van der Waals surface area contributed by atoms with Crippen molar-refractivity contribution < 1.29 is 18.3 Å². The molecule has 4 N–H and O–H groups in total. The average Bonchev–Trinajstić information content (AvgIpc) is 3.11. The van der Waals surface area contributed by atoms with Gasteiger partial charge in [0, 0.05) is 30.2 Å². The third-order valence-corrected chi connectivity index (χ3v) is 6.14. The van der Waals surface area contributed by atoms with Crippen molar-refractivity contribution in [3.8, 4) is 5.75 Å². The number of hydrogen-bond donors (Lipinski definition) is 3. The Kier molecular flexibility index (Phi) is 4.60. The third-order valence-electron chi connectivity index (χ3n) is 5.23. The number of aromatic amines is 1. The molecule has 2 heterocycles. The molecule has 0 spiro atoms. The lowest BCUT2D eigenvalue weighted by Gasteiger charge is -2.32. The average molecular weight is 399 g/mol. The van der Waals surface area contributed by atoms with Gasteiger partial charge in [-0.25, -0.2) is 13.6 Å². The Bertz CT molecular complexity index is 1120. The zero-order valence-electron chi connectivity index (χ0n) is 15.1. The number of amides is 1. The predicted octanol–water partition coefficient (Wildman–Crippen LogP) is 2.54. The molecule has 3 aromatic rings. The van der Waals surface area contributed by atoms with E-state index in [4.69, 9.17) is 5.14 Å². The van der Waals surface area contributed by atoms with Crippen LogP contribution < -0.4 is 5.14 Å². The van der Waals surface area contributed by atoms with Crippen molar-refractivity contribution in [3.63, 3.8) is 0 Å². The van der Waals surface area contributed by atoms with Gasteiger partial charge in [0.15, 0.2) is 0 Å². The molecule has 0 saturated carbocycles. The Hall–Kier alpha value is -2.84. The van der Waals surface area contributed by atoms with E-state index in [1.807, 2.05) is 24.3 Å². The van der Waals surface area contributed by atoms with Crippen LogP contribution in [0.2, 0.25) is 0 Å². The maximum atomic E-state index is 13.0. The molecule has 1 aliphatic heterocycles. The Morgan fingerprint density at radius 3 is 2.71 bits per heavy atom. The number of primary sulfonamides is 1. The van der Waals surface area contributed by atoms with Crippen molar-refractivity contribution in [2.24, 2.45) is 5.14 Å². The molecular formula is C20H21N3O4S. The minimum Gasteiger partial charge on any atom is -0.507 e. The van der Waals surface area contributed by atoms with E-state index in [2.05, 4.69) is 11.1 Å². The van der Waals surface area contributed by atoms with Crippen molar-refractivity contribution in [3.05, 3.63) is 59.8 Å². The standard InChI is InChI=1S/C20H21N3O4S/c21-28(26,27)15-7-8-19(24)16(11-15)20(25)23-9-3-5-14(12-23)18-10-13-4-1-2-6-17(13)22-18/h1-2,4,6-8,10-11,14,22,24H,3,5,9,12H2,(H2,21,26,27). The molecule has 1 saturated heterocycles. The molecular weight excluding hydrogens is 378 g/mol. The third kappa shape index (κ3) is 3.48. The highest BCUT2D eigenvalue weighted by atomic mass is 32.2. The number of nitrogens with zero attached hydrogens (tertiary/aromatic N) is 1. The molecule has 1 unspecified atom stereocenters. The number of likely N-dealkylation sites (tertiary alicyclic amines) is 1. The highest BCUT2D eigenvalue weighted by molar-refractivity contribution is 7.89. The summed E-state index contributed by atoms with van der Waals surface area (Å²) in [5.41, 5.74) is 2.07. The fraction of sp³-hybridized carbons (Fsp3) is 0.250. The number of carbonyl (C=O) groups excluding carboxylic acids is 1. The molecule has 4 rings (SSSR count). The molecule has 7 nitrogen and oxygen atoms in total. The molecule has 2 aromatic carbocycles. The SMILES string of the molecule is NS(=O)(=O)c1ccc(O)c(C(=O)N2CCCC(c3cc4ccccc4[nH]3)C2)c1. The summed E-state index contributed by atoms with van der Waals surface area (Å²) in [5.74, 6) is -0.511. The number of nitrogens with one attached hydrogen (secondary N) is 1. The van der Waals surface area contributed by atoms with Gasteiger partial charge in [0.05, 0.1) is 10.5 Å². The summed E-state index contributed by atoms with van der Waals surface area (Å²) in [6.45, 7) is 1.04. The van der Waals surface area contributed by atoms with Gasteiger partial charge in [-0.05, 0) is 48.6 Å². The number of sulfonamides is 1. The van der Waals surface area contributed by atoms with Crippen LogP contribution in [0.15, 0.2) is 53.4 Å². The van der Waals surface area contributed by atoms with Crippen LogP contribution in [0.3, 0.4) is 0 Å². The lowest BCUT2D eigenvalue weighted by Crippen LogP contribution is -2.39. The number of phenols is 1. The number of carbonyl (C=O) groups is 1. The molecule has 0 radical (unpaired) electrons. The van der Waals surface area contributed by atoms with Gasteiger partial charge in [-0.15, -0.1) is 0 Å². The zero-order chi connectivity index (χ0) is 19.9. The molecule has 28 heavy (non-hydrogen) atoms. The van der Waals surface area contributed by atoms with Crippen molar-refractivity contribution in [2.45, 2.75) is 23.7 Å². The maximum absolute atomic E-state index is 13.0. The molecule has 1 amide bonds. The number of aromatic nitrogens is 1. The Labute approximate surface area is 162 Å². The highest BCUT2D eigenvalue weighted by Gasteiger charge is 2.28. The van der Waals surface area contributed by atoms with Crippen molar-refractivity contribution in [2.75, 3.05) is 13.1 Å². The number of piperidine rings is 1. The first-order chi connectivity index (χ1) is 13.3. The molecule has 1 atom stereocenters. The van der Waals surface area contributed by atoms with Crippen LogP contribution in [0.1, 0.15) is 34.8 Å². The number of nitrogens with two attached hydrogens (primary N) is 1. The van der Waals surface area contributed by atoms with Gasteiger partial charge in [-0.2, -0.15) is 0 Å². The first-order valence-corrected chi connectivity index (χ1v) is 10.6. The van der Waals surface area contributed by atoms with E-state index in [0.717, 1.165) is 35.5 Å². The Morgan fingerprint density at radius 1 is 1.18 bits per heavy atom. The van der Waals surface area contributed by atoms with E-state index >= 15 is 0 Å². The molecule has 0 aliphatic carbocycles. The number of rotatable bonds is 3. The van der Waals surface area contributed by atoms with Gasteiger partial charge in [0.2, 0.25) is 10.0 Å². The minimum absolute atomic E-state index is 0.0520. The maximum Gasteiger partial charge on any atom is 0.257 e. The monoisotopic (exact) mass is 399 g/mol. The van der Waals surface area contributed by atoms with E-state index in [9.17, 15) is 18.3 Å². The Balaban J connectivity index is 1.60. The molecule has 1 aliphatic rings. The summed E-state index contributed by atoms with van der Waals surface area (Å²) in [5, 5.41) is 16.4. The number of para-hydroxylation sites is 1. The number of phenolic OH excluding ortho intramolecular Hbond substituents is 1. The first kappa shape index (κ1) is 18.5. The van der Waals surface area contributed by atoms with Crippen LogP contribution in [-0.4, -0.2) is 42.4 Å². The molecule has 8 heteroatoms. The molecule has 1 aromatic heterocycles. The van der Waals surface area contributed by atoms with E-state index in [0.29, 0.717) is 13.1 Å². The number of fused-ring (bicyclic) bond motifs is 1. The van der Waals surface area contributed by atoms with Crippen LogP contribution in [0.5, 0.6) is 5.75 Å². The lowest BCUT2D eigenvalue weighted by molar-refractivity contribution is 0.0703. The summed E-state index contributed by atoms with van der Waals surface area (Å²) < 4.78 is 23.2. The molecule has 146 valence electrons. The van der Waals surface area contributed by atoms with E-state index in [1.54, 1.807) is 4.90 Å². The number of benzene rings is 2. The van der Waals surface area contributed by atoms with Crippen LogP contribution in [-0.2, 0) is 10.0 Å². The van der Waals surface area contributed by atoms with E-state index in [1.165, 1.54) is 12.1 Å². The largest absolute Gasteiger partial charge is 0.507 e. The molecule has 1 fully saturated rings.